The second-order valence-electron chi connectivity index (χ2n) is 6.12. The van der Waals surface area contributed by atoms with Gasteiger partial charge in [0.2, 0.25) is 0 Å². The van der Waals surface area contributed by atoms with Gasteiger partial charge in [-0.1, -0.05) is 64.0 Å². The zero-order valence-electron chi connectivity index (χ0n) is 15.2. The van der Waals surface area contributed by atoms with Gasteiger partial charge in [0.05, 0.1) is 11.1 Å². The first-order chi connectivity index (χ1) is 13.4. The molecule has 0 aliphatic carbocycles. The number of nitrogens with one attached hydrogen (secondary N) is 1. The highest BCUT2D eigenvalue weighted by Gasteiger charge is 2.12. The van der Waals surface area contributed by atoms with Gasteiger partial charge < -0.3 is 4.74 Å². The van der Waals surface area contributed by atoms with Crippen molar-refractivity contribution in [1.29, 1.82) is 0 Å². The molecule has 0 heterocycles. The van der Waals surface area contributed by atoms with Crippen LogP contribution in [0, 0.1) is 6.92 Å². The van der Waals surface area contributed by atoms with E-state index in [2.05, 4.69) is 25.9 Å². The maximum absolute atomic E-state index is 12.3. The molecule has 0 atom stereocenters. The Hall–Kier alpha value is -2.64. The van der Waals surface area contributed by atoms with Gasteiger partial charge in [0.1, 0.15) is 12.4 Å². The molecule has 0 aliphatic heterocycles. The molecule has 7 heteroatoms. The van der Waals surface area contributed by atoms with Crippen molar-refractivity contribution in [2.24, 2.45) is 5.10 Å². The van der Waals surface area contributed by atoms with Crippen molar-refractivity contribution in [3.63, 3.8) is 0 Å². The number of ether oxygens (including phenoxy) is 1. The lowest BCUT2D eigenvalue weighted by atomic mass is 10.2. The molecular formula is C21H19BrN2O3S. The fraction of sp³-hybridized carbons (Fsp3) is 0.0952. The number of hydrogen-bond acceptors (Lipinski definition) is 4. The van der Waals surface area contributed by atoms with Crippen LogP contribution in [0.25, 0.3) is 0 Å². The Morgan fingerprint density at radius 3 is 2.46 bits per heavy atom. The first-order valence-corrected chi connectivity index (χ1v) is 10.8. The molecule has 0 aliphatic rings. The highest BCUT2D eigenvalue weighted by atomic mass is 79.9. The molecular weight excluding hydrogens is 440 g/mol. The molecule has 144 valence electrons. The van der Waals surface area contributed by atoms with Gasteiger partial charge in [-0.05, 0) is 42.8 Å². The Kier molecular flexibility index (Phi) is 6.49. The van der Waals surface area contributed by atoms with E-state index < -0.39 is 10.0 Å². The largest absolute Gasteiger partial charge is 0.489 e. The minimum absolute atomic E-state index is 0.161. The number of hydrazone groups is 1. The van der Waals surface area contributed by atoms with Crippen LogP contribution >= 0.6 is 15.9 Å². The smallest absolute Gasteiger partial charge is 0.276 e. The standard InChI is InChI=1S/C21H19BrN2O3S/c1-16-7-10-20(11-8-16)28(25,26)24-23-14-18-13-19(9-12-21(18)22)27-15-17-5-3-2-4-6-17/h2-14,24H,15H2,1H3/b23-14+. The van der Waals surface area contributed by atoms with Crippen molar-refractivity contribution in [3.8, 4) is 5.75 Å². The lowest BCUT2D eigenvalue weighted by Gasteiger charge is -2.08. The summed E-state index contributed by atoms with van der Waals surface area (Å²) in [5, 5.41) is 3.88. The van der Waals surface area contributed by atoms with Gasteiger partial charge in [-0.2, -0.15) is 13.5 Å². The number of hydrogen-bond donors (Lipinski definition) is 1. The van der Waals surface area contributed by atoms with Crippen LogP contribution in [-0.2, 0) is 16.6 Å². The van der Waals surface area contributed by atoms with Crippen molar-refractivity contribution in [1.82, 2.24) is 4.83 Å². The molecule has 0 amide bonds. The first-order valence-electron chi connectivity index (χ1n) is 8.52. The van der Waals surface area contributed by atoms with Crippen molar-refractivity contribution >= 4 is 32.2 Å². The average molecular weight is 459 g/mol. The summed E-state index contributed by atoms with van der Waals surface area (Å²) in [4.78, 5) is 2.39. The SMILES string of the molecule is Cc1ccc(S(=O)(=O)N/N=C/c2cc(OCc3ccccc3)ccc2Br)cc1. The van der Waals surface area contributed by atoms with Crippen LogP contribution in [0.1, 0.15) is 16.7 Å². The molecule has 0 fully saturated rings. The van der Waals surface area contributed by atoms with Gasteiger partial charge in [0.15, 0.2) is 0 Å². The van der Waals surface area contributed by atoms with E-state index in [0.29, 0.717) is 17.9 Å². The third kappa shape index (κ3) is 5.43. The van der Waals surface area contributed by atoms with Crippen LogP contribution in [0.15, 0.2) is 87.3 Å². The van der Waals surface area contributed by atoms with E-state index in [4.69, 9.17) is 4.74 Å². The lowest BCUT2D eigenvalue weighted by Crippen LogP contribution is -2.18. The zero-order valence-corrected chi connectivity index (χ0v) is 17.6. The Morgan fingerprint density at radius 2 is 1.75 bits per heavy atom. The third-order valence-electron chi connectivity index (χ3n) is 3.92. The van der Waals surface area contributed by atoms with E-state index in [1.165, 1.54) is 6.21 Å². The molecule has 3 aromatic carbocycles. The van der Waals surface area contributed by atoms with Gasteiger partial charge in [-0.25, -0.2) is 4.83 Å². The number of halogens is 1. The number of benzene rings is 3. The fourth-order valence-corrected chi connectivity index (χ4v) is 3.53. The molecule has 0 saturated carbocycles. The Labute approximate surface area is 173 Å². The second-order valence-corrected chi connectivity index (χ2v) is 8.64. The van der Waals surface area contributed by atoms with Crippen LogP contribution in [0.4, 0.5) is 0 Å². The number of sulfonamides is 1. The summed E-state index contributed by atoms with van der Waals surface area (Å²) in [6, 6.07) is 21.9. The van der Waals surface area contributed by atoms with Gasteiger partial charge in [0, 0.05) is 10.0 Å². The first kappa shape index (κ1) is 20.1. The summed E-state index contributed by atoms with van der Waals surface area (Å²) in [7, 11) is -3.71. The Balaban J connectivity index is 1.68. The van der Waals surface area contributed by atoms with Crippen LogP contribution in [0.2, 0.25) is 0 Å². The maximum Gasteiger partial charge on any atom is 0.276 e. The molecule has 0 unspecified atom stereocenters. The minimum Gasteiger partial charge on any atom is -0.489 e. The van der Waals surface area contributed by atoms with E-state index in [9.17, 15) is 8.42 Å². The van der Waals surface area contributed by atoms with Crippen LogP contribution in [0.5, 0.6) is 5.75 Å². The molecule has 3 rings (SSSR count). The van der Waals surface area contributed by atoms with Crippen molar-refractivity contribution in [2.45, 2.75) is 18.4 Å². The van der Waals surface area contributed by atoms with Gasteiger partial charge >= 0.3 is 0 Å². The topological polar surface area (TPSA) is 67.8 Å². The molecule has 0 radical (unpaired) electrons. The van der Waals surface area contributed by atoms with E-state index >= 15 is 0 Å². The normalized spacial score (nSPS) is 11.5. The van der Waals surface area contributed by atoms with Crippen LogP contribution in [-0.4, -0.2) is 14.6 Å². The molecule has 0 saturated heterocycles. The van der Waals surface area contributed by atoms with Crippen molar-refractivity contribution in [2.75, 3.05) is 0 Å². The van der Waals surface area contributed by atoms with Crippen molar-refractivity contribution in [3.05, 3.63) is 94.0 Å². The summed E-state index contributed by atoms with van der Waals surface area (Å²) in [6.07, 6.45) is 1.44. The number of rotatable bonds is 7. The number of nitrogens with zero attached hydrogens (tertiary/aromatic N) is 1. The van der Waals surface area contributed by atoms with Gasteiger partial charge in [0.25, 0.3) is 10.0 Å². The summed E-state index contributed by atoms with van der Waals surface area (Å²) < 4.78 is 31.1. The summed E-state index contributed by atoms with van der Waals surface area (Å²) >= 11 is 3.44. The highest BCUT2D eigenvalue weighted by molar-refractivity contribution is 9.10. The van der Waals surface area contributed by atoms with E-state index in [1.807, 2.05) is 49.4 Å². The molecule has 1 N–H and O–H groups in total. The molecule has 3 aromatic rings. The average Bonchev–Trinajstić information content (AvgIpc) is 2.69. The molecule has 28 heavy (non-hydrogen) atoms. The lowest BCUT2D eigenvalue weighted by molar-refractivity contribution is 0.306. The highest BCUT2D eigenvalue weighted by Crippen LogP contribution is 2.22. The van der Waals surface area contributed by atoms with Crippen molar-refractivity contribution < 1.29 is 13.2 Å². The molecule has 0 spiro atoms. The van der Waals surface area contributed by atoms with E-state index in [0.717, 1.165) is 15.6 Å². The summed E-state index contributed by atoms with van der Waals surface area (Å²) in [5.74, 6) is 0.662. The Bertz CT molecular complexity index is 1070. The van der Waals surface area contributed by atoms with E-state index in [-0.39, 0.29) is 4.90 Å². The van der Waals surface area contributed by atoms with Crippen LogP contribution in [0.3, 0.4) is 0 Å². The van der Waals surface area contributed by atoms with Crippen LogP contribution < -0.4 is 9.57 Å². The number of aryl methyl sites for hydroxylation is 1. The second kappa shape index (κ2) is 9.03. The summed E-state index contributed by atoms with van der Waals surface area (Å²) in [6.45, 7) is 2.34. The fourth-order valence-electron chi connectivity index (χ4n) is 2.39. The Morgan fingerprint density at radius 1 is 1.04 bits per heavy atom. The molecule has 0 aromatic heterocycles. The molecule has 0 bridgehead atoms. The zero-order chi connectivity index (χ0) is 20.0. The predicted molar refractivity (Wildman–Crippen MR) is 114 cm³/mol. The quantitative estimate of drug-likeness (QED) is 0.413. The van der Waals surface area contributed by atoms with Gasteiger partial charge in [-0.3, -0.25) is 0 Å². The third-order valence-corrected chi connectivity index (χ3v) is 5.88. The predicted octanol–water partition coefficient (Wildman–Crippen LogP) is 4.65. The summed E-state index contributed by atoms with van der Waals surface area (Å²) in [5.41, 5.74) is 2.74. The van der Waals surface area contributed by atoms with E-state index in [1.54, 1.807) is 30.3 Å². The van der Waals surface area contributed by atoms with Gasteiger partial charge in [-0.15, -0.1) is 0 Å². The minimum atomic E-state index is -3.71. The monoisotopic (exact) mass is 458 g/mol. The maximum atomic E-state index is 12.3. The molecule has 5 nitrogen and oxygen atoms in total.